The molecule has 0 amide bonds. The first-order valence-corrected chi connectivity index (χ1v) is 13.0. The fourth-order valence-corrected chi connectivity index (χ4v) is 4.68. The number of phosphoric ester groups is 2. The van der Waals surface area contributed by atoms with Gasteiger partial charge in [-0.1, -0.05) is 27.7 Å². The summed E-state index contributed by atoms with van der Waals surface area (Å²) in [5, 5.41) is 0. The normalized spacial score (nSPS) is 24.4. The number of nitrogen functional groups attached to an aromatic ring is 1. The van der Waals surface area contributed by atoms with Crippen molar-refractivity contribution in [2.45, 2.75) is 52.6 Å². The maximum Gasteiger partial charge on any atom is 0.472 e. The molecule has 0 saturated carbocycles. The summed E-state index contributed by atoms with van der Waals surface area (Å²) in [5.41, 5.74) is 4.80. The molecular weight excluding hydrogens is 507 g/mol. The predicted molar refractivity (Wildman–Crippen MR) is 119 cm³/mol. The van der Waals surface area contributed by atoms with E-state index in [4.69, 9.17) is 28.6 Å². The van der Waals surface area contributed by atoms with Crippen LogP contribution >= 0.6 is 15.6 Å². The molecule has 1 saturated heterocycles. The van der Waals surface area contributed by atoms with Crippen molar-refractivity contribution in [2.75, 3.05) is 25.6 Å². The fourth-order valence-electron chi connectivity index (χ4n) is 2.67. The summed E-state index contributed by atoms with van der Waals surface area (Å²) < 4.78 is 51.4. The summed E-state index contributed by atoms with van der Waals surface area (Å²) in [5.74, 6) is -0.0171. The van der Waals surface area contributed by atoms with Crippen molar-refractivity contribution in [3.8, 4) is 0 Å². The van der Waals surface area contributed by atoms with Gasteiger partial charge in [0.2, 0.25) is 0 Å². The third kappa shape index (κ3) is 11.0. The van der Waals surface area contributed by atoms with Gasteiger partial charge in [0.25, 0.3) is 0 Å². The second kappa shape index (κ2) is 13.7. The number of nitrogens with zero attached hydrogens (tertiary/aromatic N) is 2. The van der Waals surface area contributed by atoms with Gasteiger partial charge in [-0.25, -0.2) is 13.9 Å². The Hall–Kier alpha value is 0.496. The van der Waals surface area contributed by atoms with Crippen LogP contribution in [-0.4, -0.2) is 103 Å². The molecule has 0 aromatic carbocycles. The maximum absolute atomic E-state index is 12.3. The zero-order valence-corrected chi connectivity index (χ0v) is 24.3. The van der Waals surface area contributed by atoms with Crippen LogP contribution in [0.5, 0.6) is 0 Å². The van der Waals surface area contributed by atoms with Gasteiger partial charge in [0.05, 0.1) is 19.8 Å². The molecule has 185 valence electrons. The monoisotopic (exact) mass is 538 g/mol. The molecule has 1 aromatic heterocycles. The van der Waals surface area contributed by atoms with E-state index in [1.165, 1.54) is 12.3 Å². The fraction of sp³-hybridized carbons (Fsp3) is 0.765. The number of phosphoric acid groups is 2. The minimum absolute atomic E-state index is 0. The van der Waals surface area contributed by atoms with E-state index in [2.05, 4.69) is 4.98 Å². The first-order chi connectivity index (χ1) is 14.8. The smallest absolute Gasteiger partial charge is 0.383 e. The van der Waals surface area contributed by atoms with Gasteiger partial charge in [-0.3, -0.25) is 22.7 Å². The zero-order chi connectivity index (χ0) is 24.1. The molecule has 13 nitrogen and oxygen atoms in total. The van der Waals surface area contributed by atoms with E-state index in [9.17, 15) is 23.7 Å². The van der Waals surface area contributed by atoms with E-state index < -0.39 is 46.4 Å². The van der Waals surface area contributed by atoms with Gasteiger partial charge in [-0.15, -0.1) is 0 Å². The molecule has 0 spiro atoms. The second-order valence-electron chi connectivity index (χ2n) is 8.16. The summed E-state index contributed by atoms with van der Waals surface area (Å²) >= 11 is 0. The molecule has 1 fully saturated rings. The standard InChI is InChI=1S/C17H31N3O10P2.K/c1-11(2)8-26-31(22,23)28-10-14-13(30-32(24,25)27-9-12(3)4)7-16(29-14)20-6-5-15(18)19-17(20)21;/h5-6,11-14,16H,7-10H2,1-4H3,(H,22,23)(H,24,25)(H2,18,19,21);/t13-,14+,16+;/m0./s1. The summed E-state index contributed by atoms with van der Waals surface area (Å²) in [7, 11) is -8.89. The minimum atomic E-state index is -4.48. The van der Waals surface area contributed by atoms with Gasteiger partial charge in [0, 0.05) is 64.0 Å². The molecule has 16 heteroatoms. The predicted octanol–water partition coefficient (Wildman–Crippen LogP) is 1.68. The molecule has 0 bridgehead atoms. The third-order valence-corrected chi connectivity index (χ3v) is 6.12. The van der Waals surface area contributed by atoms with E-state index in [-0.39, 0.29) is 88.7 Å². The molecule has 1 aliphatic heterocycles. The molecule has 4 N–H and O–H groups in total. The van der Waals surface area contributed by atoms with Gasteiger partial charge in [-0.05, 0) is 17.9 Å². The van der Waals surface area contributed by atoms with Crippen LogP contribution in [0.1, 0.15) is 40.3 Å². The van der Waals surface area contributed by atoms with Crippen molar-refractivity contribution >= 4 is 72.8 Å². The Morgan fingerprint density at radius 2 is 1.73 bits per heavy atom. The summed E-state index contributed by atoms with van der Waals surface area (Å²) in [6.07, 6.45) is -1.84. The van der Waals surface area contributed by atoms with Crippen LogP contribution in [-0.2, 0) is 32.0 Å². The van der Waals surface area contributed by atoms with Gasteiger partial charge >= 0.3 is 21.3 Å². The molecule has 5 atom stereocenters. The molecule has 2 unspecified atom stereocenters. The van der Waals surface area contributed by atoms with E-state index in [1.54, 1.807) is 27.7 Å². The Labute approximate surface area is 234 Å². The van der Waals surface area contributed by atoms with Crippen LogP contribution in [0.15, 0.2) is 17.1 Å². The van der Waals surface area contributed by atoms with Crippen LogP contribution in [0.2, 0.25) is 0 Å². The van der Waals surface area contributed by atoms with Crippen molar-refractivity contribution in [1.29, 1.82) is 0 Å². The van der Waals surface area contributed by atoms with Crippen LogP contribution in [0.4, 0.5) is 5.82 Å². The molecule has 33 heavy (non-hydrogen) atoms. The number of ether oxygens (including phenoxy) is 1. The molecule has 2 rings (SSSR count). The van der Waals surface area contributed by atoms with E-state index in [1.807, 2.05) is 0 Å². The average molecular weight is 538 g/mol. The Morgan fingerprint density at radius 1 is 1.15 bits per heavy atom. The van der Waals surface area contributed by atoms with Crippen molar-refractivity contribution in [1.82, 2.24) is 9.55 Å². The summed E-state index contributed by atoms with van der Waals surface area (Å²) in [6.45, 7) is 6.63. The number of hydrogen-bond acceptors (Lipinski definition) is 10. The average Bonchev–Trinajstić information content (AvgIpc) is 3.05. The summed E-state index contributed by atoms with van der Waals surface area (Å²) in [6, 6.07) is 1.38. The topological polar surface area (TPSA) is 182 Å². The van der Waals surface area contributed by atoms with Gasteiger partial charge in [0.15, 0.2) is 0 Å². The first kappa shape index (κ1) is 31.5. The number of hydrogen-bond donors (Lipinski definition) is 3. The quantitative estimate of drug-likeness (QED) is 0.259. The molecular formula is C17H31KN3O10P2. The van der Waals surface area contributed by atoms with Gasteiger partial charge < -0.3 is 20.3 Å². The van der Waals surface area contributed by atoms with E-state index >= 15 is 0 Å². The zero-order valence-electron chi connectivity index (χ0n) is 19.4. The SMILES string of the molecule is CC(C)COP(=O)(O)OC[C@H]1O[C@@H](n2ccc(N)nc2=O)C[C@@H]1OP(=O)(O)OCC(C)C.[K]. The molecule has 1 aliphatic rings. The molecule has 2 heterocycles. The molecule has 1 aromatic rings. The molecule has 0 aliphatic carbocycles. The van der Waals surface area contributed by atoms with Crippen molar-refractivity contribution in [3.63, 3.8) is 0 Å². The van der Waals surface area contributed by atoms with Crippen molar-refractivity contribution in [2.24, 2.45) is 11.8 Å². The van der Waals surface area contributed by atoms with Gasteiger partial charge in [0.1, 0.15) is 24.3 Å². The molecule has 1 radical (unpaired) electrons. The minimum Gasteiger partial charge on any atom is -0.383 e. The first-order valence-electron chi connectivity index (χ1n) is 10.1. The third-order valence-electron chi connectivity index (χ3n) is 4.15. The van der Waals surface area contributed by atoms with Crippen LogP contribution in [0.3, 0.4) is 0 Å². The van der Waals surface area contributed by atoms with Crippen molar-refractivity contribution in [3.05, 3.63) is 22.7 Å². The number of nitrogens with two attached hydrogens (primary N) is 1. The maximum atomic E-state index is 12.3. The summed E-state index contributed by atoms with van der Waals surface area (Å²) in [4.78, 5) is 35.7. The van der Waals surface area contributed by atoms with Crippen LogP contribution < -0.4 is 11.4 Å². The Balaban J connectivity index is 0.00000544. The number of rotatable bonds is 12. The second-order valence-corrected chi connectivity index (χ2v) is 11.0. The van der Waals surface area contributed by atoms with E-state index in [0.29, 0.717) is 0 Å². The van der Waals surface area contributed by atoms with Gasteiger partial charge in [-0.2, -0.15) is 4.98 Å². The Kier molecular flexibility index (Phi) is 13.1. The largest absolute Gasteiger partial charge is 0.472 e. The number of anilines is 1. The van der Waals surface area contributed by atoms with Crippen molar-refractivity contribution < 1.29 is 41.7 Å². The number of aromatic nitrogens is 2. The Bertz CT molecular complexity index is 915. The van der Waals surface area contributed by atoms with E-state index in [0.717, 1.165) is 4.57 Å². The van der Waals surface area contributed by atoms with Crippen LogP contribution in [0, 0.1) is 11.8 Å². The van der Waals surface area contributed by atoms with Crippen LogP contribution in [0.25, 0.3) is 0 Å². The Morgan fingerprint density at radius 3 is 2.27 bits per heavy atom.